The Morgan fingerprint density at radius 1 is 1.25 bits per heavy atom. The number of carboxylic acid groups (broad SMARTS) is 1. The van der Waals surface area contributed by atoms with Gasteiger partial charge in [0.25, 0.3) is 0 Å². The molecule has 1 amide bonds. The van der Waals surface area contributed by atoms with Gasteiger partial charge in [-0.2, -0.15) is 0 Å². The Morgan fingerprint density at radius 2 is 1.85 bits per heavy atom. The second-order valence-electron chi connectivity index (χ2n) is 5.48. The van der Waals surface area contributed by atoms with Crippen molar-refractivity contribution in [3.05, 3.63) is 30.1 Å². The number of rotatable bonds is 3. The Bertz CT molecular complexity index is 532. The molecule has 1 aliphatic carbocycles. The number of hydrogen-bond donors (Lipinski definition) is 1. The number of carbonyl (C=O) groups excluding carboxylic acids is 1. The zero-order valence-corrected chi connectivity index (χ0v) is 11.5. The number of carbonyl (C=O) groups is 2. The highest BCUT2D eigenvalue weighted by Crippen LogP contribution is 2.38. The van der Waals surface area contributed by atoms with Crippen LogP contribution in [0.4, 0.5) is 10.1 Å². The molecule has 1 N–H and O–H groups in total. The van der Waals surface area contributed by atoms with Crippen molar-refractivity contribution < 1.29 is 19.1 Å². The van der Waals surface area contributed by atoms with E-state index < -0.39 is 23.6 Å². The van der Waals surface area contributed by atoms with E-state index in [1.54, 1.807) is 12.1 Å². The van der Waals surface area contributed by atoms with Gasteiger partial charge in [-0.1, -0.05) is 19.1 Å². The summed E-state index contributed by atoms with van der Waals surface area (Å²) >= 11 is 0. The van der Waals surface area contributed by atoms with Crippen molar-refractivity contribution in [3.8, 4) is 0 Å². The van der Waals surface area contributed by atoms with E-state index in [0.29, 0.717) is 12.8 Å². The summed E-state index contributed by atoms with van der Waals surface area (Å²) in [5.74, 6) is -2.82. The number of anilines is 1. The second-order valence-corrected chi connectivity index (χ2v) is 5.48. The summed E-state index contributed by atoms with van der Waals surface area (Å²) < 4.78 is 13.7. The molecule has 1 fully saturated rings. The number of para-hydroxylation sites is 1. The van der Waals surface area contributed by atoms with E-state index in [2.05, 4.69) is 0 Å². The maximum absolute atomic E-state index is 13.7. The van der Waals surface area contributed by atoms with Crippen LogP contribution in [-0.4, -0.2) is 24.0 Å². The lowest BCUT2D eigenvalue weighted by Gasteiger charge is -2.23. The highest BCUT2D eigenvalue weighted by atomic mass is 19.1. The van der Waals surface area contributed by atoms with Crippen molar-refractivity contribution in [1.82, 2.24) is 0 Å². The van der Waals surface area contributed by atoms with Crippen molar-refractivity contribution in [2.45, 2.75) is 19.8 Å². The first-order valence-corrected chi connectivity index (χ1v) is 6.66. The van der Waals surface area contributed by atoms with Crippen LogP contribution in [0.3, 0.4) is 0 Å². The zero-order valence-electron chi connectivity index (χ0n) is 11.5. The number of hydrogen-bond acceptors (Lipinski definition) is 2. The monoisotopic (exact) mass is 279 g/mol. The van der Waals surface area contributed by atoms with Crippen molar-refractivity contribution >= 4 is 17.6 Å². The standard InChI is InChI=1S/C15H18FNO3/c1-9-7-10(11(8-9)15(19)20)14(18)17(2)13-6-4-3-5-12(13)16/h3-6,9-11H,7-8H2,1-2H3,(H,19,20)/t9?,10-,11+/m0/s1. The summed E-state index contributed by atoms with van der Waals surface area (Å²) in [5.41, 5.74) is 0.182. The maximum atomic E-state index is 13.7. The van der Waals surface area contributed by atoms with Crippen molar-refractivity contribution in [1.29, 1.82) is 0 Å². The van der Waals surface area contributed by atoms with Crippen LogP contribution < -0.4 is 4.90 Å². The van der Waals surface area contributed by atoms with Gasteiger partial charge >= 0.3 is 5.97 Å². The van der Waals surface area contributed by atoms with E-state index in [9.17, 15) is 19.1 Å². The molecule has 0 aromatic heterocycles. The van der Waals surface area contributed by atoms with Crippen molar-refractivity contribution in [2.24, 2.45) is 17.8 Å². The lowest BCUT2D eigenvalue weighted by Crippen LogP contribution is -2.37. The average Bonchev–Trinajstić information content (AvgIpc) is 2.80. The molecular formula is C15H18FNO3. The fraction of sp³-hybridized carbons (Fsp3) is 0.467. The van der Waals surface area contributed by atoms with Crippen molar-refractivity contribution in [3.63, 3.8) is 0 Å². The lowest BCUT2D eigenvalue weighted by atomic mass is 9.94. The smallest absolute Gasteiger partial charge is 0.307 e. The summed E-state index contributed by atoms with van der Waals surface area (Å²) in [7, 11) is 1.49. The second kappa shape index (κ2) is 5.61. The summed E-state index contributed by atoms with van der Waals surface area (Å²) in [5, 5.41) is 9.21. The molecule has 2 rings (SSSR count). The first-order valence-electron chi connectivity index (χ1n) is 6.66. The van der Waals surface area contributed by atoms with Crippen LogP contribution >= 0.6 is 0 Å². The van der Waals surface area contributed by atoms with Gasteiger partial charge in [-0.25, -0.2) is 4.39 Å². The molecule has 0 heterocycles. The van der Waals surface area contributed by atoms with Gasteiger partial charge in [0.1, 0.15) is 5.82 Å². The van der Waals surface area contributed by atoms with Crippen LogP contribution in [0.25, 0.3) is 0 Å². The number of benzene rings is 1. The number of nitrogens with zero attached hydrogens (tertiary/aromatic N) is 1. The third-order valence-corrected chi connectivity index (χ3v) is 3.98. The van der Waals surface area contributed by atoms with E-state index in [4.69, 9.17) is 0 Å². The molecule has 5 heteroatoms. The van der Waals surface area contributed by atoms with Gasteiger partial charge in [0.05, 0.1) is 17.5 Å². The number of halogens is 1. The Kier molecular flexibility index (Phi) is 4.06. The normalized spacial score (nSPS) is 25.4. The maximum Gasteiger partial charge on any atom is 0.307 e. The number of carboxylic acids is 1. The van der Waals surface area contributed by atoms with Crippen LogP contribution in [0.2, 0.25) is 0 Å². The third-order valence-electron chi connectivity index (χ3n) is 3.98. The lowest BCUT2D eigenvalue weighted by molar-refractivity contribution is -0.145. The minimum absolute atomic E-state index is 0.182. The summed E-state index contributed by atoms with van der Waals surface area (Å²) in [6.07, 6.45) is 1.03. The average molecular weight is 279 g/mol. The molecule has 1 aliphatic rings. The SMILES string of the molecule is CC1C[C@H](C(=O)N(C)c2ccccc2F)[C@H](C(=O)O)C1. The van der Waals surface area contributed by atoms with Gasteiger partial charge in [0.15, 0.2) is 0 Å². The molecular weight excluding hydrogens is 261 g/mol. The van der Waals surface area contributed by atoms with Gasteiger partial charge in [0, 0.05) is 7.05 Å². The van der Waals surface area contributed by atoms with Crippen LogP contribution in [0.1, 0.15) is 19.8 Å². The molecule has 0 bridgehead atoms. The van der Waals surface area contributed by atoms with E-state index in [1.807, 2.05) is 6.92 Å². The molecule has 1 aromatic carbocycles. The largest absolute Gasteiger partial charge is 0.481 e. The van der Waals surface area contributed by atoms with Crippen LogP contribution in [0.5, 0.6) is 0 Å². The first-order chi connectivity index (χ1) is 9.41. The third kappa shape index (κ3) is 2.66. The Morgan fingerprint density at radius 3 is 2.45 bits per heavy atom. The van der Waals surface area contributed by atoms with E-state index in [1.165, 1.54) is 24.1 Å². The quantitative estimate of drug-likeness (QED) is 0.925. The van der Waals surface area contributed by atoms with Crippen LogP contribution in [0.15, 0.2) is 24.3 Å². The van der Waals surface area contributed by atoms with Gasteiger partial charge in [-0.15, -0.1) is 0 Å². The zero-order chi connectivity index (χ0) is 14.9. The van der Waals surface area contributed by atoms with E-state index in [0.717, 1.165) is 0 Å². The van der Waals surface area contributed by atoms with Crippen molar-refractivity contribution in [2.75, 3.05) is 11.9 Å². The number of aliphatic carboxylic acids is 1. The van der Waals surface area contributed by atoms with Crippen LogP contribution in [0, 0.1) is 23.6 Å². The predicted molar refractivity (Wildman–Crippen MR) is 72.8 cm³/mol. The molecule has 0 spiro atoms. The molecule has 20 heavy (non-hydrogen) atoms. The molecule has 4 nitrogen and oxygen atoms in total. The van der Waals surface area contributed by atoms with Gasteiger partial charge in [0.2, 0.25) is 5.91 Å². The molecule has 0 radical (unpaired) electrons. The first kappa shape index (κ1) is 14.5. The minimum atomic E-state index is -0.949. The Balaban J connectivity index is 2.22. The topological polar surface area (TPSA) is 57.6 Å². The fourth-order valence-electron chi connectivity index (χ4n) is 2.93. The summed E-state index contributed by atoms with van der Waals surface area (Å²) in [6, 6.07) is 6.00. The Labute approximate surface area is 117 Å². The highest BCUT2D eigenvalue weighted by molar-refractivity contribution is 5.97. The molecule has 1 unspecified atom stereocenters. The predicted octanol–water partition coefficient (Wildman–Crippen LogP) is 2.54. The van der Waals surface area contributed by atoms with Gasteiger partial charge in [-0.05, 0) is 30.9 Å². The minimum Gasteiger partial charge on any atom is -0.481 e. The van der Waals surface area contributed by atoms with E-state index >= 15 is 0 Å². The summed E-state index contributed by atoms with van der Waals surface area (Å²) in [6.45, 7) is 1.94. The van der Waals surface area contributed by atoms with Gasteiger partial charge < -0.3 is 10.0 Å². The van der Waals surface area contributed by atoms with Gasteiger partial charge in [-0.3, -0.25) is 9.59 Å². The molecule has 108 valence electrons. The van der Waals surface area contributed by atoms with E-state index in [-0.39, 0.29) is 17.5 Å². The molecule has 1 saturated carbocycles. The molecule has 3 atom stereocenters. The number of amides is 1. The summed E-state index contributed by atoms with van der Waals surface area (Å²) in [4.78, 5) is 24.9. The highest BCUT2D eigenvalue weighted by Gasteiger charge is 2.42. The molecule has 0 aliphatic heterocycles. The molecule has 0 saturated heterocycles. The fourth-order valence-corrected chi connectivity index (χ4v) is 2.93. The van der Waals surface area contributed by atoms with Crippen LogP contribution in [-0.2, 0) is 9.59 Å². The Hall–Kier alpha value is -1.91. The molecule has 1 aromatic rings.